The van der Waals surface area contributed by atoms with E-state index in [4.69, 9.17) is 10.8 Å². The largest absolute Gasteiger partial charge is 0.507 e. The predicted octanol–water partition coefficient (Wildman–Crippen LogP) is 1.18. The van der Waals surface area contributed by atoms with Gasteiger partial charge in [-0.2, -0.15) is 0 Å². The summed E-state index contributed by atoms with van der Waals surface area (Å²) in [5, 5.41) is 20.9. The van der Waals surface area contributed by atoms with Gasteiger partial charge in [0.2, 0.25) is 5.91 Å². The van der Waals surface area contributed by atoms with Crippen LogP contribution in [0.25, 0.3) is 0 Å². The molecule has 1 aromatic carbocycles. The molecule has 5 N–H and O–H groups in total. The number of aromatic hydroxyl groups is 1. The number of nitrogens with two attached hydrogens (primary N) is 1. The summed E-state index contributed by atoms with van der Waals surface area (Å²) >= 11 is 1.27. The van der Waals surface area contributed by atoms with Gasteiger partial charge in [0, 0.05) is 11.4 Å². The van der Waals surface area contributed by atoms with Crippen LogP contribution in [0.15, 0.2) is 29.2 Å². The number of aliphatic carboxylic acids is 1. The number of carbonyl (C=O) groups excluding carboxylic acids is 1. The molecule has 6 nitrogen and oxygen atoms in total. The number of carbonyl (C=O) groups is 2. The van der Waals surface area contributed by atoms with E-state index in [-0.39, 0.29) is 17.4 Å². The quantitative estimate of drug-likeness (QED) is 0.402. The molecule has 0 aliphatic heterocycles. The number of nitrogens with one attached hydrogen (secondary N) is 1. The number of thioether (sulfide) groups is 1. The minimum absolute atomic E-state index is 0.120. The summed E-state index contributed by atoms with van der Waals surface area (Å²) < 4.78 is 0. The van der Waals surface area contributed by atoms with Gasteiger partial charge in [-0.3, -0.25) is 9.59 Å². The van der Waals surface area contributed by atoms with E-state index in [1.807, 2.05) is 0 Å². The lowest BCUT2D eigenvalue weighted by atomic mass is 10.1. The minimum Gasteiger partial charge on any atom is -0.507 e. The first-order chi connectivity index (χ1) is 10.0. The van der Waals surface area contributed by atoms with Crippen LogP contribution in [-0.4, -0.2) is 40.4 Å². The number of phenolic OH excluding ortho intramolecular Hbond substituents is 1. The molecule has 116 valence electrons. The molecule has 0 spiro atoms. The number of rotatable bonds is 9. The first-order valence-corrected chi connectivity index (χ1v) is 7.65. The lowest BCUT2D eigenvalue weighted by molar-refractivity contribution is -0.138. The zero-order chi connectivity index (χ0) is 15.7. The molecular weight excluding hydrogens is 292 g/mol. The first kappa shape index (κ1) is 17.3. The van der Waals surface area contributed by atoms with E-state index in [0.29, 0.717) is 30.7 Å². The van der Waals surface area contributed by atoms with E-state index in [1.165, 1.54) is 11.8 Å². The third-order valence-corrected chi connectivity index (χ3v) is 3.87. The Balaban J connectivity index is 2.12. The normalized spacial score (nSPS) is 11.9. The van der Waals surface area contributed by atoms with Gasteiger partial charge >= 0.3 is 5.97 Å². The van der Waals surface area contributed by atoms with E-state index < -0.39 is 12.0 Å². The fourth-order valence-corrected chi connectivity index (χ4v) is 2.39. The zero-order valence-corrected chi connectivity index (χ0v) is 12.4. The Labute approximate surface area is 127 Å². The van der Waals surface area contributed by atoms with Crippen LogP contribution in [0.1, 0.15) is 19.3 Å². The summed E-state index contributed by atoms with van der Waals surface area (Å²) in [7, 11) is 0. The van der Waals surface area contributed by atoms with Crippen LogP contribution in [0.4, 0.5) is 0 Å². The van der Waals surface area contributed by atoms with Crippen molar-refractivity contribution in [1.29, 1.82) is 0 Å². The van der Waals surface area contributed by atoms with Crippen molar-refractivity contribution < 1.29 is 19.8 Å². The minimum atomic E-state index is -1.00. The van der Waals surface area contributed by atoms with E-state index in [2.05, 4.69) is 5.32 Å². The van der Waals surface area contributed by atoms with Gasteiger partial charge in [-0.15, -0.1) is 11.8 Å². The smallest absolute Gasteiger partial charge is 0.320 e. The molecule has 0 aliphatic carbocycles. The van der Waals surface area contributed by atoms with Crippen LogP contribution in [-0.2, 0) is 9.59 Å². The van der Waals surface area contributed by atoms with Crippen LogP contribution >= 0.6 is 11.8 Å². The molecule has 0 saturated carbocycles. The lowest BCUT2D eigenvalue weighted by Gasteiger charge is -2.07. The first-order valence-electron chi connectivity index (χ1n) is 6.66. The number of hydrogen-bond acceptors (Lipinski definition) is 5. The Hall–Kier alpha value is -1.73. The van der Waals surface area contributed by atoms with Gasteiger partial charge < -0.3 is 21.3 Å². The fourth-order valence-electron chi connectivity index (χ4n) is 1.61. The molecule has 0 radical (unpaired) electrons. The molecule has 0 saturated heterocycles. The number of hydrogen-bond donors (Lipinski definition) is 4. The number of phenols is 1. The van der Waals surface area contributed by atoms with Gasteiger partial charge in [0.05, 0.1) is 5.75 Å². The van der Waals surface area contributed by atoms with E-state index >= 15 is 0 Å². The van der Waals surface area contributed by atoms with Crippen molar-refractivity contribution in [2.45, 2.75) is 30.2 Å². The molecule has 0 heterocycles. The molecule has 1 aromatic rings. The van der Waals surface area contributed by atoms with Crippen molar-refractivity contribution in [2.24, 2.45) is 5.73 Å². The van der Waals surface area contributed by atoms with Crippen molar-refractivity contribution in [3.05, 3.63) is 24.3 Å². The molecule has 0 aromatic heterocycles. The molecule has 21 heavy (non-hydrogen) atoms. The van der Waals surface area contributed by atoms with Crippen LogP contribution < -0.4 is 11.1 Å². The maximum Gasteiger partial charge on any atom is 0.320 e. The number of carboxylic acid groups (broad SMARTS) is 1. The van der Waals surface area contributed by atoms with Crippen molar-refractivity contribution in [3.63, 3.8) is 0 Å². The van der Waals surface area contributed by atoms with E-state index in [9.17, 15) is 14.7 Å². The Bertz CT molecular complexity index is 482. The van der Waals surface area contributed by atoms with Gasteiger partial charge in [-0.05, 0) is 31.4 Å². The average molecular weight is 312 g/mol. The molecule has 0 aliphatic rings. The highest BCUT2D eigenvalue weighted by Crippen LogP contribution is 2.27. The lowest BCUT2D eigenvalue weighted by Crippen LogP contribution is -2.30. The maximum atomic E-state index is 11.6. The molecule has 1 amide bonds. The molecule has 7 heteroatoms. The summed E-state index contributed by atoms with van der Waals surface area (Å²) in [4.78, 5) is 22.8. The number of carboxylic acids is 1. The Morgan fingerprint density at radius 2 is 2.00 bits per heavy atom. The second kappa shape index (κ2) is 9.25. The van der Waals surface area contributed by atoms with Gasteiger partial charge in [-0.25, -0.2) is 0 Å². The summed E-state index contributed by atoms with van der Waals surface area (Å²) in [6, 6.07) is 6.01. The highest BCUT2D eigenvalue weighted by molar-refractivity contribution is 8.00. The highest BCUT2D eigenvalue weighted by atomic mass is 32.2. The molecule has 1 atom stereocenters. The summed E-state index contributed by atoms with van der Waals surface area (Å²) in [5.74, 6) is -0.728. The SMILES string of the molecule is N[C@@H](CCCCNC(=O)CSc1ccccc1O)C(=O)O. The number of amides is 1. The Morgan fingerprint density at radius 3 is 2.67 bits per heavy atom. The Morgan fingerprint density at radius 1 is 1.29 bits per heavy atom. The maximum absolute atomic E-state index is 11.6. The third-order valence-electron chi connectivity index (χ3n) is 2.81. The van der Waals surface area contributed by atoms with Crippen LogP contribution in [0.5, 0.6) is 5.75 Å². The highest BCUT2D eigenvalue weighted by Gasteiger charge is 2.10. The second-order valence-electron chi connectivity index (χ2n) is 4.55. The monoisotopic (exact) mass is 312 g/mol. The molecule has 1 rings (SSSR count). The number of para-hydroxylation sites is 1. The van der Waals surface area contributed by atoms with Crippen molar-refractivity contribution in [2.75, 3.05) is 12.3 Å². The Kier molecular flexibility index (Phi) is 7.63. The van der Waals surface area contributed by atoms with Gasteiger partial charge in [0.15, 0.2) is 0 Å². The van der Waals surface area contributed by atoms with Crippen LogP contribution in [0, 0.1) is 0 Å². The fraction of sp³-hybridized carbons (Fsp3) is 0.429. The van der Waals surface area contributed by atoms with Crippen LogP contribution in [0.2, 0.25) is 0 Å². The standard InChI is InChI=1S/C14H20N2O4S/c15-10(14(19)20)5-3-4-8-16-13(18)9-21-12-7-2-1-6-11(12)17/h1-2,6-7,10,17H,3-5,8-9,15H2,(H,16,18)(H,19,20)/t10-/m0/s1. The molecule has 0 bridgehead atoms. The van der Waals surface area contributed by atoms with E-state index in [1.54, 1.807) is 24.3 Å². The predicted molar refractivity (Wildman–Crippen MR) is 81.3 cm³/mol. The summed E-state index contributed by atoms with van der Waals surface area (Å²) in [5.41, 5.74) is 5.37. The topological polar surface area (TPSA) is 113 Å². The van der Waals surface area contributed by atoms with E-state index in [0.717, 1.165) is 0 Å². The number of unbranched alkanes of at least 4 members (excludes halogenated alkanes) is 1. The van der Waals surface area contributed by atoms with Gasteiger partial charge in [0.1, 0.15) is 11.8 Å². The number of benzene rings is 1. The second-order valence-corrected chi connectivity index (χ2v) is 5.56. The summed E-state index contributed by atoms with van der Waals surface area (Å²) in [6.07, 6.45) is 1.74. The van der Waals surface area contributed by atoms with Crippen LogP contribution in [0.3, 0.4) is 0 Å². The molecular formula is C14H20N2O4S. The van der Waals surface area contributed by atoms with Gasteiger partial charge in [0.25, 0.3) is 0 Å². The van der Waals surface area contributed by atoms with Crippen molar-refractivity contribution >= 4 is 23.6 Å². The van der Waals surface area contributed by atoms with Crippen molar-refractivity contribution in [3.8, 4) is 5.75 Å². The van der Waals surface area contributed by atoms with Gasteiger partial charge in [-0.1, -0.05) is 12.1 Å². The average Bonchev–Trinajstić information content (AvgIpc) is 2.45. The summed E-state index contributed by atoms with van der Waals surface area (Å²) in [6.45, 7) is 0.493. The molecule has 0 unspecified atom stereocenters. The third kappa shape index (κ3) is 7.01. The zero-order valence-electron chi connectivity index (χ0n) is 11.6. The van der Waals surface area contributed by atoms with Crippen molar-refractivity contribution in [1.82, 2.24) is 5.32 Å². The molecule has 0 fully saturated rings.